The molecule has 0 bridgehead atoms. The molecule has 2 aromatic rings. The first-order chi connectivity index (χ1) is 11.4. The SMILES string of the molecule is C[C@]1(c2ccco2)NC(=O)N(CC(=O)Nc2ccc(Br)cc2)C1=O. The highest BCUT2D eigenvalue weighted by molar-refractivity contribution is 9.10. The predicted molar refractivity (Wildman–Crippen MR) is 89.1 cm³/mol. The van der Waals surface area contributed by atoms with Crippen LogP contribution >= 0.6 is 15.9 Å². The van der Waals surface area contributed by atoms with E-state index in [4.69, 9.17) is 4.42 Å². The van der Waals surface area contributed by atoms with Gasteiger partial charge >= 0.3 is 6.03 Å². The number of hydrogen-bond acceptors (Lipinski definition) is 4. The fraction of sp³-hybridized carbons (Fsp3) is 0.188. The van der Waals surface area contributed by atoms with Gasteiger partial charge < -0.3 is 15.1 Å². The van der Waals surface area contributed by atoms with Crippen LogP contribution in [0.25, 0.3) is 0 Å². The van der Waals surface area contributed by atoms with Gasteiger partial charge in [0.2, 0.25) is 5.91 Å². The average molecular weight is 392 g/mol. The van der Waals surface area contributed by atoms with Gasteiger partial charge in [0.25, 0.3) is 5.91 Å². The van der Waals surface area contributed by atoms with Crippen LogP contribution in [0, 0.1) is 0 Å². The Morgan fingerprint density at radius 1 is 1.29 bits per heavy atom. The molecule has 2 N–H and O–H groups in total. The monoisotopic (exact) mass is 391 g/mol. The summed E-state index contributed by atoms with van der Waals surface area (Å²) in [5.41, 5.74) is -0.734. The van der Waals surface area contributed by atoms with Crippen molar-refractivity contribution in [2.45, 2.75) is 12.5 Å². The summed E-state index contributed by atoms with van der Waals surface area (Å²) < 4.78 is 6.11. The van der Waals surface area contributed by atoms with E-state index < -0.39 is 23.4 Å². The van der Waals surface area contributed by atoms with Crippen molar-refractivity contribution in [2.24, 2.45) is 0 Å². The lowest BCUT2D eigenvalue weighted by atomic mass is 9.99. The molecule has 1 atom stereocenters. The maximum absolute atomic E-state index is 12.6. The second-order valence-corrected chi connectivity index (χ2v) is 6.39. The molecule has 2 heterocycles. The van der Waals surface area contributed by atoms with Gasteiger partial charge in [0.1, 0.15) is 12.3 Å². The van der Waals surface area contributed by atoms with E-state index in [2.05, 4.69) is 26.6 Å². The molecule has 1 aromatic heterocycles. The van der Waals surface area contributed by atoms with E-state index in [1.165, 1.54) is 6.26 Å². The van der Waals surface area contributed by atoms with Crippen LogP contribution in [0.4, 0.5) is 10.5 Å². The largest absolute Gasteiger partial charge is 0.466 e. The summed E-state index contributed by atoms with van der Waals surface area (Å²) in [5, 5.41) is 5.21. The van der Waals surface area contributed by atoms with Crippen molar-refractivity contribution >= 4 is 39.5 Å². The summed E-state index contributed by atoms with van der Waals surface area (Å²) in [6.45, 7) is 1.16. The third-order valence-corrected chi connectivity index (χ3v) is 4.25. The Labute approximate surface area is 146 Å². The van der Waals surface area contributed by atoms with Gasteiger partial charge in [0.15, 0.2) is 5.54 Å². The minimum absolute atomic E-state index is 0.316. The fourth-order valence-corrected chi connectivity index (χ4v) is 2.71. The zero-order valence-corrected chi connectivity index (χ0v) is 14.3. The highest BCUT2D eigenvalue weighted by atomic mass is 79.9. The molecule has 0 unspecified atom stereocenters. The molecule has 1 fully saturated rings. The number of hydrogen-bond donors (Lipinski definition) is 2. The zero-order valence-electron chi connectivity index (χ0n) is 12.7. The number of carbonyl (C=O) groups is 3. The Morgan fingerprint density at radius 2 is 2.00 bits per heavy atom. The number of nitrogens with one attached hydrogen (secondary N) is 2. The number of nitrogens with zero attached hydrogens (tertiary/aromatic N) is 1. The number of imide groups is 1. The van der Waals surface area contributed by atoms with Crippen molar-refractivity contribution < 1.29 is 18.8 Å². The average Bonchev–Trinajstić information content (AvgIpc) is 3.14. The smallest absolute Gasteiger partial charge is 0.325 e. The minimum Gasteiger partial charge on any atom is -0.466 e. The van der Waals surface area contributed by atoms with Gasteiger partial charge in [-0.05, 0) is 43.3 Å². The third kappa shape index (κ3) is 2.92. The minimum atomic E-state index is -1.31. The molecule has 8 heteroatoms. The van der Waals surface area contributed by atoms with Crippen molar-refractivity contribution in [2.75, 3.05) is 11.9 Å². The molecule has 0 radical (unpaired) electrons. The first kappa shape index (κ1) is 16.3. The first-order valence-corrected chi connectivity index (χ1v) is 7.93. The second kappa shape index (κ2) is 6.12. The van der Waals surface area contributed by atoms with Gasteiger partial charge in [-0.25, -0.2) is 4.79 Å². The highest BCUT2D eigenvalue weighted by Crippen LogP contribution is 2.28. The van der Waals surface area contributed by atoms with E-state index >= 15 is 0 Å². The molecular weight excluding hydrogens is 378 g/mol. The van der Waals surface area contributed by atoms with Crippen LogP contribution in [0.1, 0.15) is 12.7 Å². The van der Waals surface area contributed by atoms with Crippen molar-refractivity contribution in [1.29, 1.82) is 0 Å². The van der Waals surface area contributed by atoms with E-state index in [0.717, 1.165) is 9.37 Å². The van der Waals surface area contributed by atoms with Crippen molar-refractivity contribution in [1.82, 2.24) is 10.2 Å². The van der Waals surface area contributed by atoms with Crippen molar-refractivity contribution in [3.8, 4) is 0 Å². The van der Waals surface area contributed by atoms with Crippen LogP contribution in [0.2, 0.25) is 0 Å². The lowest BCUT2D eigenvalue weighted by molar-refractivity contribution is -0.134. The Kier molecular flexibility index (Phi) is 4.15. The molecular formula is C16H14BrN3O4. The van der Waals surface area contributed by atoms with Crippen LogP contribution in [0.3, 0.4) is 0 Å². The molecule has 124 valence electrons. The number of amides is 4. The summed E-state index contributed by atoms with van der Waals surface area (Å²) in [6, 6.07) is 9.56. The van der Waals surface area contributed by atoms with E-state index in [0.29, 0.717) is 11.4 Å². The standard InChI is InChI=1S/C16H14BrN3O4/c1-16(12-3-2-8-24-12)14(22)20(15(23)19-16)9-13(21)18-11-6-4-10(17)5-7-11/h2-8H,9H2,1H3,(H,18,21)(H,19,23)/t16-/m1/s1. The number of benzene rings is 1. The molecule has 1 aliphatic rings. The lowest BCUT2D eigenvalue weighted by Gasteiger charge is -2.18. The molecule has 3 rings (SSSR count). The molecule has 24 heavy (non-hydrogen) atoms. The number of urea groups is 1. The Morgan fingerprint density at radius 3 is 2.62 bits per heavy atom. The Hall–Kier alpha value is -2.61. The molecule has 1 aliphatic heterocycles. The van der Waals surface area contributed by atoms with E-state index in [9.17, 15) is 14.4 Å². The quantitative estimate of drug-likeness (QED) is 0.782. The molecule has 0 aliphatic carbocycles. The molecule has 0 saturated carbocycles. The molecule has 0 spiro atoms. The summed E-state index contributed by atoms with van der Waals surface area (Å²) in [6.07, 6.45) is 1.42. The van der Waals surface area contributed by atoms with Crippen LogP contribution < -0.4 is 10.6 Å². The van der Waals surface area contributed by atoms with Crippen LogP contribution in [0.5, 0.6) is 0 Å². The lowest BCUT2D eigenvalue weighted by Crippen LogP contribution is -2.41. The van der Waals surface area contributed by atoms with Gasteiger partial charge in [-0.3, -0.25) is 14.5 Å². The second-order valence-electron chi connectivity index (χ2n) is 5.48. The highest BCUT2D eigenvalue weighted by Gasteiger charge is 2.51. The Balaban J connectivity index is 1.71. The number of halogens is 1. The van der Waals surface area contributed by atoms with Crippen molar-refractivity contribution in [3.05, 3.63) is 52.9 Å². The van der Waals surface area contributed by atoms with Gasteiger partial charge in [0, 0.05) is 10.2 Å². The number of furan rings is 1. The maximum atomic E-state index is 12.6. The molecule has 7 nitrogen and oxygen atoms in total. The van der Waals surface area contributed by atoms with E-state index in [1.807, 2.05) is 0 Å². The number of anilines is 1. The predicted octanol–water partition coefficient (Wildman–Crippen LogP) is 2.45. The topological polar surface area (TPSA) is 91.7 Å². The summed E-state index contributed by atoms with van der Waals surface area (Å²) in [5.74, 6) is -0.686. The summed E-state index contributed by atoms with van der Waals surface area (Å²) in [4.78, 5) is 37.7. The number of carbonyl (C=O) groups excluding carboxylic acids is 3. The van der Waals surface area contributed by atoms with Crippen molar-refractivity contribution in [3.63, 3.8) is 0 Å². The third-order valence-electron chi connectivity index (χ3n) is 3.72. The normalized spacial score (nSPS) is 20.2. The van der Waals surface area contributed by atoms with Crippen LogP contribution in [-0.2, 0) is 15.1 Å². The Bertz CT molecular complexity index is 788. The van der Waals surface area contributed by atoms with E-state index in [1.54, 1.807) is 43.3 Å². The van der Waals surface area contributed by atoms with E-state index in [-0.39, 0.29) is 6.54 Å². The molecule has 4 amide bonds. The number of rotatable bonds is 4. The van der Waals surface area contributed by atoms with Gasteiger partial charge in [-0.1, -0.05) is 15.9 Å². The van der Waals surface area contributed by atoms with Crippen LogP contribution in [0.15, 0.2) is 51.6 Å². The van der Waals surface area contributed by atoms with Gasteiger partial charge in [-0.2, -0.15) is 0 Å². The first-order valence-electron chi connectivity index (χ1n) is 7.13. The molecule has 1 aromatic carbocycles. The maximum Gasteiger partial charge on any atom is 0.325 e. The van der Waals surface area contributed by atoms with Crippen LogP contribution in [-0.4, -0.2) is 29.3 Å². The molecule has 1 saturated heterocycles. The zero-order chi connectivity index (χ0) is 17.3. The van der Waals surface area contributed by atoms with Gasteiger partial charge in [0.05, 0.1) is 6.26 Å². The summed E-state index contributed by atoms with van der Waals surface area (Å²) >= 11 is 3.30. The fourth-order valence-electron chi connectivity index (χ4n) is 2.45. The van der Waals surface area contributed by atoms with Gasteiger partial charge in [-0.15, -0.1) is 0 Å². The summed E-state index contributed by atoms with van der Waals surface area (Å²) in [7, 11) is 0.